The van der Waals surface area contributed by atoms with E-state index in [0.717, 1.165) is 22.0 Å². The molecule has 0 fully saturated rings. The van der Waals surface area contributed by atoms with Crippen molar-refractivity contribution in [3.8, 4) is 0 Å². The molecule has 25 heavy (non-hydrogen) atoms. The van der Waals surface area contributed by atoms with Gasteiger partial charge in [-0.25, -0.2) is 13.1 Å². The Bertz CT molecular complexity index is 1110. The van der Waals surface area contributed by atoms with Crippen LogP contribution in [0.15, 0.2) is 27.9 Å². The van der Waals surface area contributed by atoms with Gasteiger partial charge in [-0.1, -0.05) is 12.1 Å². The van der Waals surface area contributed by atoms with Gasteiger partial charge in [-0.2, -0.15) is 5.10 Å². The first-order valence-corrected chi connectivity index (χ1v) is 9.32. The highest BCUT2D eigenvalue weighted by atomic mass is 32.2. The van der Waals surface area contributed by atoms with Crippen molar-refractivity contribution >= 4 is 20.9 Å². The predicted octanol–water partition coefficient (Wildman–Crippen LogP) is 1.96. The maximum Gasteiger partial charge on any atom is 0.252 e. The second-order valence-electron chi connectivity index (χ2n) is 6.18. The molecule has 0 aliphatic carbocycles. The summed E-state index contributed by atoms with van der Waals surface area (Å²) >= 11 is 0. The fourth-order valence-corrected chi connectivity index (χ4v) is 4.26. The normalized spacial score (nSPS) is 12.0. The van der Waals surface area contributed by atoms with E-state index in [1.165, 1.54) is 0 Å². The third kappa shape index (κ3) is 3.10. The van der Waals surface area contributed by atoms with Gasteiger partial charge in [0.25, 0.3) is 5.56 Å². The van der Waals surface area contributed by atoms with E-state index >= 15 is 0 Å². The fraction of sp³-hybridized carbons (Fsp3) is 0.294. The van der Waals surface area contributed by atoms with E-state index in [4.69, 9.17) is 0 Å². The van der Waals surface area contributed by atoms with Gasteiger partial charge in [0.1, 0.15) is 4.90 Å². The van der Waals surface area contributed by atoms with E-state index in [1.54, 1.807) is 19.9 Å². The first-order valence-electron chi connectivity index (χ1n) is 7.84. The number of nitrogens with zero attached hydrogens (tertiary/aromatic N) is 1. The molecule has 0 saturated heterocycles. The van der Waals surface area contributed by atoms with E-state index in [9.17, 15) is 13.2 Å². The Morgan fingerprint density at radius 2 is 1.88 bits per heavy atom. The van der Waals surface area contributed by atoms with Gasteiger partial charge >= 0.3 is 0 Å². The first-order chi connectivity index (χ1) is 11.7. The molecule has 2 aromatic heterocycles. The van der Waals surface area contributed by atoms with E-state index in [1.807, 2.05) is 26.0 Å². The minimum absolute atomic E-state index is 0.0927. The molecular weight excluding hydrogens is 340 g/mol. The number of aromatic amines is 2. The van der Waals surface area contributed by atoms with Gasteiger partial charge in [0.2, 0.25) is 10.0 Å². The van der Waals surface area contributed by atoms with Crippen molar-refractivity contribution in [2.75, 3.05) is 0 Å². The van der Waals surface area contributed by atoms with Gasteiger partial charge in [-0.15, -0.1) is 0 Å². The molecule has 0 aliphatic rings. The number of H-pyrrole nitrogens is 2. The Balaban J connectivity index is 1.95. The minimum Gasteiger partial charge on any atom is -0.321 e. The number of rotatable bonds is 4. The lowest BCUT2D eigenvalue weighted by molar-refractivity contribution is 0.580. The van der Waals surface area contributed by atoms with Crippen molar-refractivity contribution in [2.24, 2.45) is 0 Å². The molecular formula is C17H20N4O3S. The van der Waals surface area contributed by atoms with E-state index < -0.39 is 10.0 Å². The van der Waals surface area contributed by atoms with Crippen LogP contribution in [0.3, 0.4) is 0 Å². The molecule has 7 nitrogen and oxygen atoms in total. The van der Waals surface area contributed by atoms with Gasteiger partial charge in [0, 0.05) is 12.1 Å². The fourth-order valence-electron chi connectivity index (χ4n) is 2.88. The Labute approximate surface area is 145 Å². The largest absolute Gasteiger partial charge is 0.321 e. The Morgan fingerprint density at radius 3 is 2.52 bits per heavy atom. The third-order valence-corrected chi connectivity index (χ3v) is 6.07. The van der Waals surface area contributed by atoms with Crippen LogP contribution in [0.1, 0.15) is 28.1 Å². The van der Waals surface area contributed by atoms with Crippen LogP contribution >= 0.6 is 0 Å². The summed E-state index contributed by atoms with van der Waals surface area (Å²) in [6.45, 7) is 7.09. The Hall–Kier alpha value is -2.45. The number of fused-ring (bicyclic) bond motifs is 1. The Kier molecular flexibility index (Phi) is 4.26. The smallest absolute Gasteiger partial charge is 0.252 e. The summed E-state index contributed by atoms with van der Waals surface area (Å²) in [5.74, 6) is 0. The number of pyridine rings is 1. The van der Waals surface area contributed by atoms with E-state index in [-0.39, 0.29) is 17.0 Å². The molecule has 132 valence electrons. The second-order valence-corrected chi connectivity index (χ2v) is 7.89. The van der Waals surface area contributed by atoms with Crippen molar-refractivity contribution in [3.63, 3.8) is 0 Å². The van der Waals surface area contributed by atoms with Gasteiger partial charge < -0.3 is 4.98 Å². The number of hydrogen-bond acceptors (Lipinski definition) is 4. The molecule has 3 N–H and O–H groups in total. The quantitative estimate of drug-likeness (QED) is 0.661. The lowest BCUT2D eigenvalue weighted by Crippen LogP contribution is -2.27. The van der Waals surface area contributed by atoms with Crippen LogP contribution in [-0.4, -0.2) is 23.6 Å². The molecule has 0 atom stereocenters. The zero-order valence-corrected chi connectivity index (χ0v) is 15.3. The topological polar surface area (TPSA) is 108 Å². The number of aromatic nitrogens is 3. The maximum absolute atomic E-state index is 12.5. The maximum atomic E-state index is 12.5. The molecule has 1 aromatic carbocycles. The van der Waals surface area contributed by atoms with Gasteiger partial charge in [-0.3, -0.25) is 9.89 Å². The highest BCUT2D eigenvalue weighted by Gasteiger charge is 2.22. The molecule has 0 bridgehead atoms. The average molecular weight is 360 g/mol. The van der Waals surface area contributed by atoms with Crippen molar-refractivity contribution in [1.29, 1.82) is 0 Å². The Morgan fingerprint density at radius 1 is 1.16 bits per heavy atom. The number of nitrogens with one attached hydrogen (secondary N) is 3. The van der Waals surface area contributed by atoms with Gasteiger partial charge in [0.05, 0.1) is 16.9 Å². The average Bonchev–Trinajstić information content (AvgIpc) is 2.89. The number of aryl methyl sites for hydroxylation is 4. The number of benzene rings is 1. The number of hydrogen-bond donors (Lipinski definition) is 3. The molecule has 0 radical (unpaired) electrons. The summed E-state index contributed by atoms with van der Waals surface area (Å²) in [6.07, 6.45) is 0. The first kappa shape index (κ1) is 17.4. The van der Waals surface area contributed by atoms with Crippen LogP contribution in [-0.2, 0) is 16.6 Å². The van der Waals surface area contributed by atoms with E-state index in [0.29, 0.717) is 17.0 Å². The molecule has 3 aromatic rings. The molecule has 3 rings (SSSR count). The molecule has 0 unspecified atom stereocenters. The van der Waals surface area contributed by atoms with Crippen molar-refractivity contribution in [2.45, 2.75) is 39.1 Å². The SMILES string of the molecule is Cc1ccc2cc(CNS(=O)(=O)c3c(C)n[nH]c3C)c(=O)[nH]c2c1C. The van der Waals surface area contributed by atoms with Crippen LogP contribution in [0.5, 0.6) is 0 Å². The molecule has 0 saturated carbocycles. The summed E-state index contributed by atoms with van der Waals surface area (Å²) in [7, 11) is -3.76. The monoisotopic (exact) mass is 360 g/mol. The lowest BCUT2D eigenvalue weighted by atomic mass is 10.0. The van der Waals surface area contributed by atoms with Gasteiger partial charge in [0.15, 0.2) is 0 Å². The summed E-state index contributed by atoms with van der Waals surface area (Å²) in [5, 5.41) is 7.42. The predicted molar refractivity (Wildman–Crippen MR) is 96.1 cm³/mol. The van der Waals surface area contributed by atoms with Crippen LogP contribution in [0, 0.1) is 27.7 Å². The standard InChI is InChI=1S/C17H20N4O3S/c1-9-5-6-13-7-14(17(22)19-15(13)10(9)2)8-18-25(23,24)16-11(3)20-21-12(16)4/h5-7,18H,8H2,1-4H3,(H,19,22)(H,20,21). The van der Waals surface area contributed by atoms with E-state index in [2.05, 4.69) is 19.9 Å². The molecule has 2 heterocycles. The van der Waals surface area contributed by atoms with Crippen LogP contribution < -0.4 is 10.3 Å². The molecule has 0 spiro atoms. The minimum atomic E-state index is -3.76. The van der Waals surface area contributed by atoms with Crippen molar-refractivity contribution in [3.05, 3.63) is 56.6 Å². The van der Waals surface area contributed by atoms with Crippen LogP contribution in [0.2, 0.25) is 0 Å². The van der Waals surface area contributed by atoms with Crippen LogP contribution in [0.4, 0.5) is 0 Å². The summed E-state index contributed by atoms with van der Waals surface area (Å²) in [5.41, 5.74) is 3.78. The van der Waals surface area contributed by atoms with Crippen molar-refractivity contribution in [1.82, 2.24) is 19.9 Å². The lowest BCUT2D eigenvalue weighted by Gasteiger charge is -2.09. The number of sulfonamides is 1. The van der Waals surface area contributed by atoms with Crippen molar-refractivity contribution < 1.29 is 8.42 Å². The highest BCUT2D eigenvalue weighted by Crippen LogP contribution is 2.20. The highest BCUT2D eigenvalue weighted by molar-refractivity contribution is 7.89. The summed E-state index contributed by atoms with van der Waals surface area (Å²) < 4.78 is 27.5. The third-order valence-electron chi connectivity index (χ3n) is 4.41. The molecule has 8 heteroatoms. The summed E-state index contributed by atoms with van der Waals surface area (Å²) in [4.78, 5) is 15.3. The van der Waals surface area contributed by atoms with Gasteiger partial charge in [-0.05, 0) is 50.3 Å². The zero-order valence-electron chi connectivity index (χ0n) is 14.5. The molecule has 0 amide bonds. The van der Waals surface area contributed by atoms with Crippen LogP contribution in [0.25, 0.3) is 10.9 Å². The zero-order chi connectivity index (χ0) is 18.4. The summed E-state index contributed by atoms with van der Waals surface area (Å²) in [6, 6.07) is 5.61. The second kappa shape index (κ2) is 6.12. The molecule has 0 aliphatic heterocycles.